The van der Waals surface area contributed by atoms with Crippen molar-refractivity contribution < 1.29 is 14.2 Å². The topological polar surface area (TPSA) is 45.6 Å². The van der Waals surface area contributed by atoms with Crippen LogP contribution in [0.5, 0.6) is 5.75 Å². The fourth-order valence-electron chi connectivity index (χ4n) is 4.78. The van der Waals surface area contributed by atoms with Crippen molar-refractivity contribution in [3.05, 3.63) is 64.3 Å². The second-order valence-electron chi connectivity index (χ2n) is 9.19. The number of halogens is 3. The van der Waals surface area contributed by atoms with Crippen molar-refractivity contribution >= 4 is 45.9 Å². The maximum absolute atomic E-state index is 15.6. The van der Waals surface area contributed by atoms with E-state index in [9.17, 15) is 5.11 Å². The van der Waals surface area contributed by atoms with Crippen molar-refractivity contribution in [3.63, 3.8) is 0 Å². The number of pyridine rings is 1. The zero-order chi connectivity index (χ0) is 24.8. The minimum absolute atomic E-state index is 0.0700. The molecular weight excluding hydrogens is 506 g/mol. The van der Waals surface area contributed by atoms with Gasteiger partial charge < -0.3 is 14.7 Å². The van der Waals surface area contributed by atoms with E-state index in [0.717, 1.165) is 48.1 Å². The predicted octanol–water partition coefficient (Wildman–Crippen LogP) is 7.21. The molecule has 0 bridgehead atoms. The van der Waals surface area contributed by atoms with Crippen molar-refractivity contribution in [1.82, 2.24) is 9.88 Å². The third-order valence-corrected chi connectivity index (χ3v) is 8.86. The Balaban J connectivity index is 1.34. The monoisotopic (exact) mass is 536 g/mol. The number of benzene rings is 2. The number of ether oxygens (including phenoxy) is 1. The molecule has 0 saturated carbocycles. The molecule has 2 aromatic carbocycles. The number of fused-ring (bicyclic) bond motifs is 1. The summed E-state index contributed by atoms with van der Waals surface area (Å²) in [6.07, 6.45) is 2.89. The summed E-state index contributed by atoms with van der Waals surface area (Å²) in [5.74, 6) is 1.60. The van der Waals surface area contributed by atoms with Gasteiger partial charge in [-0.1, -0.05) is 35.3 Å². The zero-order valence-electron chi connectivity index (χ0n) is 19.9. The van der Waals surface area contributed by atoms with Crippen LogP contribution in [-0.4, -0.2) is 54.1 Å². The van der Waals surface area contributed by atoms with Crippen LogP contribution in [0.3, 0.4) is 0 Å². The SMILES string of the molecule is COc1ccc2ncc(Cl)c([C@H](F)CCC3(CO)CCN(CCSc4ccccc4Cl)CC3)c2c1. The Morgan fingerprint density at radius 3 is 2.66 bits per heavy atom. The van der Waals surface area contributed by atoms with Crippen LogP contribution in [0, 0.1) is 5.41 Å². The highest BCUT2D eigenvalue weighted by atomic mass is 35.5. The fraction of sp³-hybridized carbons (Fsp3) is 0.444. The van der Waals surface area contributed by atoms with Gasteiger partial charge in [-0.3, -0.25) is 4.98 Å². The lowest BCUT2D eigenvalue weighted by Gasteiger charge is -2.41. The summed E-state index contributed by atoms with van der Waals surface area (Å²) >= 11 is 14.4. The normalized spacial score (nSPS) is 16.9. The molecule has 1 atom stereocenters. The van der Waals surface area contributed by atoms with Crippen LogP contribution in [0.25, 0.3) is 10.9 Å². The van der Waals surface area contributed by atoms with Crippen LogP contribution in [0.4, 0.5) is 4.39 Å². The average Bonchev–Trinajstić information content (AvgIpc) is 2.89. The van der Waals surface area contributed by atoms with Gasteiger partial charge in [-0.2, -0.15) is 0 Å². The largest absolute Gasteiger partial charge is 0.497 e. The molecule has 8 heteroatoms. The molecule has 1 aliphatic rings. The Morgan fingerprint density at radius 2 is 1.94 bits per heavy atom. The van der Waals surface area contributed by atoms with Gasteiger partial charge in [-0.15, -0.1) is 11.8 Å². The Kier molecular flexibility index (Phi) is 9.17. The number of thioether (sulfide) groups is 1. The second-order valence-corrected chi connectivity index (χ2v) is 11.1. The van der Waals surface area contributed by atoms with E-state index in [1.807, 2.05) is 36.4 Å². The molecule has 4 rings (SSSR count). The molecular formula is C27H31Cl2FN2O2S. The highest BCUT2D eigenvalue weighted by Gasteiger charge is 2.35. The van der Waals surface area contributed by atoms with E-state index in [2.05, 4.69) is 9.88 Å². The lowest BCUT2D eigenvalue weighted by molar-refractivity contribution is 0.0323. The maximum Gasteiger partial charge on any atom is 0.127 e. The van der Waals surface area contributed by atoms with Gasteiger partial charge in [-0.25, -0.2) is 4.39 Å². The van der Waals surface area contributed by atoms with Gasteiger partial charge >= 0.3 is 0 Å². The minimum atomic E-state index is -1.24. The van der Waals surface area contributed by atoms with Gasteiger partial charge in [-0.05, 0) is 74.5 Å². The molecule has 188 valence electrons. The molecule has 1 aliphatic heterocycles. The molecule has 4 nitrogen and oxygen atoms in total. The van der Waals surface area contributed by atoms with E-state index in [-0.39, 0.29) is 12.0 Å². The summed E-state index contributed by atoms with van der Waals surface area (Å²) in [4.78, 5) is 7.85. The second kappa shape index (κ2) is 12.1. The molecule has 0 radical (unpaired) electrons. The first-order valence-electron chi connectivity index (χ1n) is 11.9. The van der Waals surface area contributed by atoms with Crippen LogP contribution < -0.4 is 4.74 Å². The number of alkyl halides is 1. The predicted molar refractivity (Wildman–Crippen MR) is 144 cm³/mol. The van der Waals surface area contributed by atoms with Gasteiger partial charge in [0.1, 0.15) is 11.9 Å². The molecule has 0 unspecified atom stereocenters. The number of methoxy groups -OCH3 is 1. The summed E-state index contributed by atoms with van der Waals surface area (Å²) in [6, 6.07) is 13.3. The first-order valence-corrected chi connectivity index (χ1v) is 13.7. The van der Waals surface area contributed by atoms with E-state index in [4.69, 9.17) is 27.9 Å². The highest BCUT2D eigenvalue weighted by molar-refractivity contribution is 7.99. The van der Waals surface area contributed by atoms with Crippen molar-refractivity contribution in [1.29, 1.82) is 0 Å². The van der Waals surface area contributed by atoms with Crippen LogP contribution in [0.1, 0.15) is 37.4 Å². The maximum atomic E-state index is 15.6. The molecule has 35 heavy (non-hydrogen) atoms. The molecule has 0 aliphatic carbocycles. The number of likely N-dealkylation sites (tertiary alicyclic amines) is 1. The van der Waals surface area contributed by atoms with Gasteiger partial charge in [0.15, 0.2) is 0 Å². The molecule has 1 aromatic heterocycles. The summed E-state index contributed by atoms with van der Waals surface area (Å²) in [5, 5.41) is 12.0. The molecule has 0 spiro atoms. The lowest BCUT2D eigenvalue weighted by Crippen LogP contribution is -2.42. The number of nitrogens with zero attached hydrogens (tertiary/aromatic N) is 2. The van der Waals surface area contributed by atoms with Crippen molar-refractivity contribution in [2.24, 2.45) is 5.41 Å². The summed E-state index contributed by atoms with van der Waals surface area (Å²) in [6.45, 7) is 2.83. The van der Waals surface area contributed by atoms with Crippen molar-refractivity contribution in [2.45, 2.75) is 36.8 Å². The van der Waals surface area contributed by atoms with Crippen molar-refractivity contribution in [2.75, 3.05) is 39.1 Å². The number of piperidine rings is 1. The molecule has 1 fully saturated rings. The molecule has 1 N–H and O–H groups in total. The number of aromatic nitrogens is 1. The van der Waals surface area contributed by atoms with Crippen LogP contribution >= 0.6 is 35.0 Å². The number of hydrogen-bond donors (Lipinski definition) is 1. The first kappa shape index (κ1) is 26.5. The van der Waals surface area contributed by atoms with Gasteiger partial charge in [0.05, 0.1) is 22.7 Å². The zero-order valence-corrected chi connectivity index (χ0v) is 22.2. The number of rotatable bonds is 10. The summed E-state index contributed by atoms with van der Waals surface area (Å²) in [7, 11) is 1.58. The quantitative estimate of drug-likeness (QED) is 0.277. The Morgan fingerprint density at radius 1 is 1.17 bits per heavy atom. The van der Waals surface area contributed by atoms with Gasteiger partial charge in [0.25, 0.3) is 0 Å². The third kappa shape index (κ3) is 6.41. The number of aliphatic hydroxyl groups is 1. The van der Waals surface area contributed by atoms with E-state index in [1.54, 1.807) is 24.9 Å². The average molecular weight is 538 g/mol. The molecule has 3 aromatic rings. The lowest BCUT2D eigenvalue weighted by atomic mass is 9.74. The van der Waals surface area contributed by atoms with Crippen LogP contribution in [0.15, 0.2) is 53.6 Å². The highest BCUT2D eigenvalue weighted by Crippen LogP contribution is 2.42. The van der Waals surface area contributed by atoms with Gasteiger partial charge in [0, 0.05) is 40.9 Å². The van der Waals surface area contributed by atoms with E-state index in [0.29, 0.717) is 40.1 Å². The van der Waals surface area contributed by atoms with Gasteiger partial charge in [0.2, 0.25) is 0 Å². The number of hydrogen-bond acceptors (Lipinski definition) is 5. The Bertz CT molecular complexity index is 1140. The fourth-order valence-corrected chi connectivity index (χ4v) is 6.29. The molecule has 1 saturated heterocycles. The first-order chi connectivity index (χ1) is 16.9. The summed E-state index contributed by atoms with van der Waals surface area (Å²) < 4.78 is 20.9. The Hall–Kier alpha value is -1.57. The van der Waals surface area contributed by atoms with Crippen LogP contribution in [-0.2, 0) is 0 Å². The third-order valence-electron chi connectivity index (χ3n) is 7.06. The summed E-state index contributed by atoms with van der Waals surface area (Å²) in [5.41, 5.74) is 0.884. The Labute approximate surface area is 220 Å². The van der Waals surface area contributed by atoms with E-state index in [1.165, 1.54) is 6.20 Å². The number of aliphatic hydroxyl groups excluding tert-OH is 1. The van der Waals surface area contributed by atoms with Crippen LogP contribution in [0.2, 0.25) is 10.0 Å². The van der Waals surface area contributed by atoms with E-state index >= 15 is 4.39 Å². The minimum Gasteiger partial charge on any atom is -0.497 e. The molecule has 2 heterocycles. The smallest absolute Gasteiger partial charge is 0.127 e. The standard InChI is InChI=1S/C27H31Cl2FN2O2S/c1-34-19-6-7-24-20(16-19)26(22(29)17-31-24)23(30)8-9-27(18-33)10-12-32(13-11-27)14-15-35-25-5-3-2-4-21(25)28/h2-7,16-17,23,33H,8-15,18H2,1H3/t23-/m1/s1. The molecule has 0 amide bonds. The van der Waals surface area contributed by atoms with Crippen molar-refractivity contribution in [3.8, 4) is 5.75 Å². The van der Waals surface area contributed by atoms with E-state index < -0.39 is 6.17 Å².